The first-order valence-corrected chi connectivity index (χ1v) is 7.82. The first-order chi connectivity index (χ1) is 8.45. The molecule has 1 unspecified atom stereocenters. The standard InChI is InChI=1S/C16H24BrN/c1-16(2,3)14-8-6-13(7-9-14)11-18-10-4-5-15(17)12-18/h6-9,15H,4-5,10-12H2,1-3H3. The molecule has 0 aromatic heterocycles. The van der Waals surface area contributed by atoms with Crippen LogP contribution in [0.3, 0.4) is 0 Å². The van der Waals surface area contributed by atoms with E-state index in [4.69, 9.17) is 0 Å². The van der Waals surface area contributed by atoms with E-state index >= 15 is 0 Å². The molecular formula is C16H24BrN. The Hall–Kier alpha value is -0.340. The summed E-state index contributed by atoms with van der Waals surface area (Å²) < 4.78 is 0. The summed E-state index contributed by atoms with van der Waals surface area (Å²) in [5.41, 5.74) is 3.11. The molecule has 1 heterocycles. The van der Waals surface area contributed by atoms with Crippen molar-refractivity contribution in [3.05, 3.63) is 35.4 Å². The van der Waals surface area contributed by atoms with Gasteiger partial charge in [-0.05, 0) is 35.9 Å². The molecule has 1 aromatic rings. The molecule has 1 nitrogen and oxygen atoms in total. The van der Waals surface area contributed by atoms with E-state index in [1.165, 1.54) is 37.1 Å². The topological polar surface area (TPSA) is 3.24 Å². The van der Waals surface area contributed by atoms with Crippen molar-refractivity contribution < 1.29 is 0 Å². The number of rotatable bonds is 2. The second-order valence-corrected chi connectivity index (χ2v) is 7.72. The number of halogens is 1. The van der Waals surface area contributed by atoms with Crippen molar-refractivity contribution in [2.45, 2.75) is 50.4 Å². The van der Waals surface area contributed by atoms with Gasteiger partial charge in [-0.1, -0.05) is 61.0 Å². The predicted molar refractivity (Wildman–Crippen MR) is 82.4 cm³/mol. The minimum atomic E-state index is 0.255. The molecule has 18 heavy (non-hydrogen) atoms. The fraction of sp³-hybridized carbons (Fsp3) is 0.625. The van der Waals surface area contributed by atoms with Crippen molar-refractivity contribution in [3.8, 4) is 0 Å². The highest BCUT2D eigenvalue weighted by Crippen LogP contribution is 2.23. The van der Waals surface area contributed by atoms with Crippen LogP contribution >= 0.6 is 15.9 Å². The molecule has 1 saturated heterocycles. The van der Waals surface area contributed by atoms with Crippen LogP contribution in [0.5, 0.6) is 0 Å². The minimum absolute atomic E-state index is 0.255. The summed E-state index contributed by atoms with van der Waals surface area (Å²) >= 11 is 3.74. The van der Waals surface area contributed by atoms with Gasteiger partial charge in [0.2, 0.25) is 0 Å². The van der Waals surface area contributed by atoms with E-state index in [1.54, 1.807) is 0 Å². The average Bonchev–Trinajstić information content (AvgIpc) is 2.28. The largest absolute Gasteiger partial charge is 0.298 e. The molecule has 0 spiro atoms. The van der Waals surface area contributed by atoms with Crippen molar-refractivity contribution in [1.29, 1.82) is 0 Å². The van der Waals surface area contributed by atoms with Crippen molar-refractivity contribution in [1.82, 2.24) is 4.90 Å². The molecule has 0 saturated carbocycles. The maximum atomic E-state index is 3.74. The van der Waals surface area contributed by atoms with Gasteiger partial charge in [0.25, 0.3) is 0 Å². The van der Waals surface area contributed by atoms with E-state index in [1.807, 2.05) is 0 Å². The Morgan fingerprint density at radius 3 is 2.44 bits per heavy atom. The maximum absolute atomic E-state index is 3.74. The van der Waals surface area contributed by atoms with Crippen molar-refractivity contribution >= 4 is 15.9 Å². The number of alkyl halides is 1. The van der Waals surface area contributed by atoms with Gasteiger partial charge in [-0.3, -0.25) is 4.90 Å². The number of benzene rings is 1. The zero-order chi connectivity index (χ0) is 13.2. The molecule has 2 heteroatoms. The number of likely N-dealkylation sites (tertiary alicyclic amines) is 1. The van der Waals surface area contributed by atoms with E-state index in [-0.39, 0.29) is 5.41 Å². The lowest BCUT2D eigenvalue weighted by atomic mass is 9.87. The summed E-state index contributed by atoms with van der Waals surface area (Å²) in [6, 6.07) is 9.15. The fourth-order valence-electron chi connectivity index (χ4n) is 2.51. The molecule has 1 fully saturated rings. The Labute approximate surface area is 120 Å². The van der Waals surface area contributed by atoms with E-state index in [0.29, 0.717) is 4.83 Å². The second kappa shape index (κ2) is 5.75. The van der Waals surface area contributed by atoms with Crippen molar-refractivity contribution in [2.75, 3.05) is 13.1 Å². The lowest BCUT2D eigenvalue weighted by Crippen LogP contribution is -2.35. The molecule has 0 amide bonds. The highest BCUT2D eigenvalue weighted by atomic mass is 79.9. The third kappa shape index (κ3) is 3.83. The summed E-state index contributed by atoms with van der Waals surface area (Å²) in [6.07, 6.45) is 2.63. The van der Waals surface area contributed by atoms with E-state index in [2.05, 4.69) is 65.9 Å². The number of hydrogen-bond acceptors (Lipinski definition) is 1. The zero-order valence-electron chi connectivity index (χ0n) is 11.7. The molecule has 1 atom stereocenters. The SMILES string of the molecule is CC(C)(C)c1ccc(CN2CCCC(Br)C2)cc1. The maximum Gasteiger partial charge on any atom is 0.0273 e. The highest BCUT2D eigenvalue weighted by molar-refractivity contribution is 9.09. The summed E-state index contributed by atoms with van der Waals surface area (Å²) in [7, 11) is 0. The molecule has 100 valence electrons. The van der Waals surface area contributed by atoms with Crippen LogP contribution in [0.2, 0.25) is 0 Å². The summed E-state index contributed by atoms with van der Waals surface area (Å²) in [5, 5.41) is 0. The molecule has 0 N–H and O–H groups in total. The summed E-state index contributed by atoms with van der Waals surface area (Å²) in [6.45, 7) is 10.3. The van der Waals surface area contributed by atoms with E-state index < -0.39 is 0 Å². The average molecular weight is 310 g/mol. The Morgan fingerprint density at radius 2 is 1.89 bits per heavy atom. The van der Waals surface area contributed by atoms with Gasteiger partial charge in [-0.25, -0.2) is 0 Å². The van der Waals surface area contributed by atoms with Crippen LogP contribution < -0.4 is 0 Å². The van der Waals surface area contributed by atoms with Gasteiger partial charge in [0.1, 0.15) is 0 Å². The van der Waals surface area contributed by atoms with E-state index in [0.717, 1.165) is 6.54 Å². The molecule has 0 bridgehead atoms. The zero-order valence-corrected chi connectivity index (χ0v) is 13.3. The van der Waals surface area contributed by atoms with Gasteiger partial charge < -0.3 is 0 Å². The Bertz CT molecular complexity index is 377. The Kier molecular flexibility index (Phi) is 4.50. The fourth-order valence-corrected chi connectivity index (χ4v) is 3.24. The number of hydrogen-bond donors (Lipinski definition) is 0. The molecule has 0 radical (unpaired) electrons. The molecule has 2 rings (SSSR count). The van der Waals surface area contributed by atoms with Gasteiger partial charge in [-0.2, -0.15) is 0 Å². The highest BCUT2D eigenvalue weighted by Gasteiger charge is 2.18. The number of nitrogens with zero attached hydrogens (tertiary/aromatic N) is 1. The lowest BCUT2D eigenvalue weighted by Gasteiger charge is -2.30. The van der Waals surface area contributed by atoms with Crippen LogP contribution in [-0.2, 0) is 12.0 Å². The number of piperidine rings is 1. The van der Waals surface area contributed by atoms with Crippen LogP contribution in [0.15, 0.2) is 24.3 Å². The van der Waals surface area contributed by atoms with Crippen LogP contribution in [0.25, 0.3) is 0 Å². The molecular weight excluding hydrogens is 286 g/mol. The summed E-state index contributed by atoms with van der Waals surface area (Å²) in [4.78, 5) is 3.23. The van der Waals surface area contributed by atoms with Gasteiger partial charge in [0.05, 0.1) is 0 Å². The van der Waals surface area contributed by atoms with Gasteiger partial charge in [0.15, 0.2) is 0 Å². The third-order valence-electron chi connectivity index (χ3n) is 3.67. The van der Waals surface area contributed by atoms with E-state index in [9.17, 15) is 0 Å². The molecule has 0 aliphatic carbocycles. The lowest BCUT2D eigenvalue weighted by molar-refractivity contribution is 0.228. The van der Waals surface area contributed by atoms with Crippen LogP contribution in [0.4, 0.5) is 0 Å². The molecule has 1 aliphatic heterocycles. The monoisotopic (exact) mass is 309 g/mol. The summed E-state index contributed by atoms with van der Waals surface area (Å²) in [5.74, 6) is 0. The van der Waals surface area contributed by atoms with Crippen LogP contribution in [0, 0.1) is 0 Å². The smallest absolute Gasteiger partial charge is 0.0273 e. The first-order valence-electron chi connectivity index (χ1n) is 6.91. The predicted octanol–water partition coefficient (Wildman–Crippen LogP) is 4.34. The van der Waals surface area contributed by atoms with Gasteiger partial charge in [-0.15, -0.1) is 0 Å². The Balaban J connectivity index is 1.98. The third-order valence-corrected chi connectivity index (χ3v) is 4.42. The van der Waals surface area contributed by atoms with Crippen molar-refractivity contribution in [2.24, 2.45) is 0 Å². The Morgan fingerprint density at radius 1 is 1.22 bits per heavy atom. The van der Waals surface area contributed by atoms with Crippen LogP contribution in [-0.4, -0.2) is 22.8 Å². The van der Waals surface area contributed by atoms with Crippen molar-refractivity contribution in [3.63, 3.8) is 0 Å². The van der Waals surface area contributed by atoms with Gasteiger partial charge >= 0.3 is 0 Å². The van der Waals surface area contributed by atoms with Crippen LogP contribution in [0.1, 0.15) is 44.7 Å². The minimum Gasteiger partial charge on any atom is -0.298 e. The quantitative estimate of drug-likeness (QED) is 0.734. The first kappa shape index (κ1) is 14.1. The second-order valence-electron chi connectivity index (χ2n) is 6.42. The molecule has 1 aromatic carbocycles. The molecule has 1 aliphatic rings. The normalized spacial score (nSPS) is 22.1. The van der Waals surface area contributed by atoms with Gasteiger partial charge in [0, 0.05) is 17.9 Å².